The van der Waals surface area contributed by atoms with Crippen LogP contribution in [0.5, 0.6) is 5.75 Å². The van der Waals surface area contributed by atoms with Crippen LogP contribution in [0.1, 0.15) is 24.2 Å². The second kappa shape index (κ2) is 9.80. The van der Waals surface area contributed by atoms with Gasteiger partial charge >= 0.3 is 0 Å². The molecule has 0 bridgehead atoms. The Balaban J connectivity index is 1.77. The SMILES string of the molecule is CC(C)COc1ccc(NC(=O)c2ccc(Sc3nncn3C)c([N+](=O)[O-])c2)cc1Cl. The summed E-state index contributed by atoms with van der Waals surface area (Å²) >= 11 is 7.32. The average molecular weight is 462 g/mol. The maximum absolute atomic E-state index is 12.6. The maximum Gasteiger partial charge on any atom is 0.284 e. The Bertz CT molecular complexity index is 1120. The summed E-state index contributed by atoms with van der Waals surface area (Å²) in [5, 5.41) is 22.8. The van der Waals surface area contributed by atoms with Crippen molar-refractivity contribution in [3.8, 4) is 5.75 Å². The van der Waals surface area contributed by atoms with Crippen LogP contribution < -0.4 is 10.1 Å². The van der Waals surface area contributed by atoms with Crippen molar-refractivity contribution in [1.82, 2.24) is 14.8 Å². The van der Waals surface area contributed by atoms with Crippen LogP contribution in [0.15, 0.2) is 52.8 Å². The number of nitro groups is 1. The first-order valence-corrected chi connectivity index (χ1v) is 10.5. The molecule has 0 aliphatic rings. The minimum absolute atomic E-state index is 0.144. The normalized spacial score (nSPS) is 10.9. The van der Waals surface area contributed by atoms with Gasteiger partial charge in [-0.2, -0.15) is 0 Å². The van der Waals surface area contributed by atoms with Crippen molar-refractivity contribution >= 4 is 40.6 Å². The molecule has 0 aliphatic carbocycles. The van der Waals surface area contributed by atoms with E-state index in [9.17, 15) is 14.9 Å². The quantitative estimate of drug-likeness (QED) is 0.378. The average Bonchev–Trinajstić information content (AvgIpc) is 3.11. The summed E-state index contributed by atoms with van der Waals surface area (Å²) in [6.45, 7) is 4.57. The number of halogens is 1. The fraction of sp³-hybridized carbons (Fsp3) is 0.250. The van der Waals surface area contributed by atoms with Crippen molar-refractivity contribution < 1.29 is 14.5 Å². The van der Waals surface area contributed by atoms with Gasteiger partial charge in [0, 0.05) is 24.4 Å². The highest BCUT2D eigenvalue weighted by Gasteiger charge is 2.20. The molecule has 3 aromatic rings. The van der Waals surface area contributed by atoms with E-state index in [2.05, 4.69) is 15.5 Å². The number of nitrogens with one attached hydrogen (secondary N) is 1. The van der Waals surface area contributed by atoms with E-state index in [1.807, 2.05) is 13.8 Å². The number of amides is 1. The number of nitro benzene ring substituents is 1. The Morgan fingerprint density at radius 3 is 2.71 bits per heavy atom. The Kier molecular flexibility index (Phi) is 7.13. The standard InChI is InChI=1S/C20H20ClN5O4S/c1-12(2)10-30-17-6-5-14(9-15(17)21)23-19(27)13-4-7-18(16(8-13)26(28)29)31-20-24-22-11-25(20)3/h4-9,11-12H,10H2,1-3H3,(H,23,27). The number of aromatic nitrogens is 3. The predicted octanol–water partition coefficient (Wildman–Crippen LogP) is 4.82. The maximum atomic E-state index is 12.6. The predicted molar refractivity (Wildman–Crippen MR) is 118 cm³/mol. The molecule has 9 nitrogen and oxygen atoms in total. The topological polar surface area (TPSA) is 112 Å². The highest BCUT2D eigenvalue weighted by Crippen LogP contribution is 2.34. The first kappa shape index (κ1) is 22.6. The van der Waals surface area contributed by atoms with Gasteiger partial charge < -0.3 is 14.6 Å². The summed E-state index contributed by atoms with van der Waals surface area (Å²) in [5.41, 5.74) is 0.397. The largest absolute Gasteiger partial charge is 0.492 e. The first-order chi connectivity index (χ1) is 14.7. The zero-order valence-corrected chi connectivity index (χ0v) is 18.6. The van der Waals surface area contributed by atoms with E-state index in [1.54, 1.807) is 29.8 Å². The zero-order valence-electron chi connectivity index (χ0n) is 17.0. The Morgan fingerprint density at radius 1 is 1.32 bits per heavy atom. The number of nitrogens with zero attached hydrogens (tertiary/aromatic N) is 4. The monoisotopic (exact) mass is 461 g/mol. The van der Waals surface area contributed by atoms with E-state index in [0.717, 1.165) is 11.8 Å². The van der Waals surface area contributed by atoms with Gasteiger partial charge in [0.1, 0.15) is 12.1 Å². The Labute approximate surface area is 187 Å². The van der Waals surface area contributed by atoms with Crippen molar-refractivity contribution in [3.05, 3.63) is 63.4 Å². The van der Waals surface area contributed by atoms with Crippen molar-refractivity contribution in [3.63, 3.8) is 0 Å². The van der Waals surface area contributed by atoms with Crippen LogP contribution in [0.4, 0.5) is 11.4 Å². The molecule has 0 aliphatic heterocycles. The lowest BCUT2D eigenvalue weighted by Crippen LogP contribution is -2.12. The molecule has 0 unspecified atom stereocenters. The molecule has 0 spiro atoms. The third-order valence-corrected chi connectivity index (χ3v) is 5.46. The van der Waals surface area contributed by atoms with E-state index in [1.165, 1.54) is 24.5 Å². The molecule has 0 radical (unpaired) electrons. The number of ether oxygens (including phenoxy) is 1. The van der Waals surface area contributed by atoms with E-state index >= 15 is 0 Å². The number of benzene rings is 2. The van der Waals surface area contributed by atoms with Gasteiger partial charge in [-0.05, 0) is 48.0 Å². The summed E-state index contributed by atoms with van der Waals surface area (Å²) in [6.07, 6.45) is 1.50. The summed E-state index contributed by atoms with van der Waals surface area (Å²) in [4.78, 5) is 24.0. The Hall–Kier alpha value is -3.11. The molecular formula is C20H20ClN5O4S. The van der Waals surface area contributed by atoms with Gasteiger partial charge in [-0.3, -0.25) is 14.9 Å². The zero-order chi connectivity index (χ0) is 22.5. The van der Waals surface area contributed by atoms with Gasteiger partial charge in [-0.25, -0.2) is 0 Å². The highest BCUT2D eigenvalue weighted by atomic mass is 35.5. The number of hydrogen-bond donors (Lipinski definition) is 1. The van der Waals surface area contributed by atoms with Gasteiger partial charge in [0.05, 0.1) is 21.4 Å². The van der Waals surface area contributed by atoms with Crippen LogP contribution in [-0.4, -0.2) is 32.2 Å². The Morgan fingerprint density at radius 2 is 2.10 bits per heavy atom. The first-order valence-electron chi connectivity index (χ1n) is 9.28. The molecule has 2 aromatic carbocycles. The molecule has 11 heteroatoms. The molecule has 3 rings (SSSR count). The van der Waals surface area contributed by atoms with Crippen molar-refractivity contribution in [1.29, 1.82) is 0 Å². The number of anilines is 1. The smallest absolute Gasteiger partial charge is 0.284 e. The fourth-order valence-corrected chi connectivity index (χ4v) is 3.59. The summed E-state index contributed by atoms with van der Waals surface area (Å²) in [6, 6.07) is 9.16. The lowest BCUT2D eigenvalue weighted by Gasteiger charge is -2.12. The van der Waals surface area contributed by atoms with Crippen LogP contribution in [0.3, 0.4) is 0 Å². The second-order valence-corrected chi connectivity index (χ2v) is 8.49. The van der Waals surface area contributed by atoms with E-state index < -0.39 is 10.8 Å². The van der Waals surface area contributed by atoms with Crippen LogP contribution in [0.25, 0.3) is 0 Å². The van der Waals surface area contributed by atoms with Crippen LogP contribution in [0, 0.1) is 16.0 Å². The number of carbonyl (C=O) groups is 1. The van der Waals surface area contributed by atoms with Crippen molar-refractivity contribution in [2.24, 2.45) is 13.0 Å². The van der Waals surface area contributed by atoms with Crippen molar-refractivity contribution in [2.45, 2.75) is 23.9 Å². The number of aryl methyl sites for hydroxylation is 1. The van der Waals surface area contributed by atoms with Crippen molar-refractivity contribution in [2.75, 3.05) is 11.9 Å². The number of rotatable bonds is 8. The van der Waals surface area contributed by atoms with Gasteiger partial charge in [0.15, 0.2) is 5.16 Å². The molecule has 1 heterocycles. The molecule has 162 valence electrons. The minimum Gasteiger partial charge on any atom is -0.492 e. The van der Waals surface area contributed by atoms with Crippen LogP contribution in [0.2, 0.25) is 5.02 Å². The van der Waals surface area contributed by atoms with Gasteiger partial charge in [0.25, 0.3) is 11.6 Å². The molecule has 0 saturated heterocycles. The van der Waals surface area contributed by atoms with Gasteiger partial charge in [-0.15, -0.1) is 10.2 Å². The van der Waals surface area contributed by atoms with Gasteiger partial charge in [0.2, 0.25) is 0 Å². The summed E-state index contributed by atoms with van der Waals surface area (Å²) in [5.74, 6) is 0.375. The lowest BCUT2D eigenvalue weighted by molar-refractivity contribution is -0.387. The number of carbonyl (C=O) groups excluding carboxylic acids is 1. The molecule has 1 N–H and O–H groups in total. The second-order valence-electron chi connectivity index (χ2n) is 7.07. The third-order valence-electron chi connectivity index (χ3n) is 4.05. The molecular weight excluding hydrogens is 442 g/mol. The van der Waals surface area contributed by atoms with Crippen LogP contribution >= 0.6 is 23.4 Å². The van der Waals surface area contributed by atoms with E-state index in [0.29, 0.717) is 39.0 Å². The van der Waals surface area contributed by atoms with Crippen LogP contribution in [-0.2, 0) is 7.05 Å². The fourth-order valence-electron chi connectivity index (χ4n) is 2.51. The lowest BCUT2D eigenvalue weighted by atomic mass is 10.2. The minimum atomic E-state index is -0.535. The molecule has 0 saturated carbocycles. The summed E-state index contributed by atoms with van der Waals surface area (Å²) < 4.78 is 7.26. The van der Waals surface area contributed by atoms with E-state index in [4.69, 9.17) is 16.3 Å². The number of hydrogen-bond acceptors (Lipinski definition) is 7. The molecule has 1 amide bonds. The molecule has 1 aromatic heterocycles. The summed E-state index contributed by atoms with van der Waals surface area (Å²) in [7, 11) is 1.74. The van der Waals surface area contributed by atoms with E-state index in [-0.39, 0.29) is 11.3 Å². The molecule has 0 fully saturated rings. The highest BCUT2D eigenvalue weighted by molar-refractivity contribution is 7.99. The molecule has 0 atom stereocenters. The molecule has 31 heavy (non-hydrogen) atoms. The third kappa shape index (κ3) is 5.74. The van der Waals surface area contributed by atoms with Gasteiger partial charge in [-0.1, -0.05) is 25.4 Å².